The highest BCUT2D eigenvalue weighted by Gasteiger charge is 2.24. The Morgan fingerprint density at radius 2 is 1.57 bits per heavy atom. The van der Waals surface area contributed by atoms with Crippen LogP contribution in [-0.2, 0) is 16.0 Å². The standard InChI is InChI=1S/C18H27N3O2/c1-15-6-4-5-7-16(15)14-18(23)21-12-10-20(11-13-21)17(22)8-9-19(2)3/h4-7H,8-14H2,1-3H3. The zero-order valence-corrected chi connectivity index (χ0v) is 14.4. The molecule has 5 nitrogen and oxygen atoms in total. The van der Waals surface area contributed by atoms with Crippen molar-refractivity contribution in [2.75, 3.05) is 46.8 Å². The lowest BCUT2D eigenvalue weighted by atomic mass is 10.1. The van der Waals surface area contributed by atoms with E-state index in [0.29, 0.717) is 39.0 Å². The molecule has 0 N–H and O–H groups in total. The molecule has 0 saturated carbocycles. The first-order valence-corrected chi connectivity index (χ1v) is 8.22. The summed E-state index contributed by atoms with van der Waals surface area (Å²) >= 11 is 0. The second-order valence-electron chi connectivity index (χ2n) is 6.42. The first kappa shape index (κ1) is 17.5. The molecule has 23 heavy (non-hydrogen) atoms. The van der Waals surface area contributed by atoms with Gasteiger partial charge in [-0.2, -0.15) is 0 Å². The fourth-order valence-corrected chi connectivity index (χ4v) is 2.77. The summed E-state index contributed by atoms with van der Waals surface area (Å²) in [7, 11) is 3.94. The van der Waals surface area contributed by atoms with E-state index >= 15 is 0 Å². The van der Waals surface area contributed by atoms with E-state index < -0.39 is 0 Å². The molecule has 1 aliphatic rings. The van der Waals surface area contributed by atoms with E-state index in [-0.39, 0.29) is 11.8 Å². The second-order valence-corrected chi connectivity index (χ2v) is 6.42. The number of hydrogen-bond acceptors (Lipinski definition) is 3. The van der Waals surface area contributed by atoms with Crippen LogP contribution in [0.25, 0.3) is 0 Å². The fourth-order valence-electron chi connectivity index (χ4n) is 2.77. The van der Waals surface area contributed by atoms with Gasteiger partial charge in [-0.1, -0.05) is 24.3 Å². The van der Waals surface area contributed by atoms with Crippen LogP contribution in [0, 0.1) is 6.92 Å². The molecule has 2 rings (SSSR count). The molecule has 1 aromatic rings. The Balaban J connectivity index is 1.81. The summed E-state index contributed by atoms with van der Waals surface area (Å²) in [6, 6.07) is 8.00. The molecule has 0 atom stereocenters. The van der Waals surface area contributed by atoms with Crippen LogP contribution in [0.2, 0.25) is 0 Å². The summed E-state index contributed by atoms with van der Waals surface area (Å²) < 4.78 is 0. The van der Waals surface area contributed by atoms with Gasteiger partial charge in [0.15, 0.2) is 0 Å². The van der Waals surface area contributed by atoms with Crippen molar-refractivity contribution >= 4 is 11.8 Å². The van der Waals surface area contributed by atoms with Crippen LogP contribution in [0.5, 0.6) is 0 Å². The molecule has 0 aromatic heterocycles. The first-order valence-electron chi connectivity index (χ1n) is 8.22. The molecular weight excluding hydrogens is 290 g/mol. The number of rotatable bonds is 5. The van der Waals surface area contributed by atoms with Gasteiger partial charge in [0, 0.05) is 39.1 Å². The number of nitrogens with zero attached hydrogens (tertiary/aromatic N) is 3. The van der Waals surface area contributed by atoms with Crippen molar-refractivity contribution in [3.8, 4) is 0 Å². The molecule has 0 spiro atoms. The quantitative estimate of drug-likeness (QED) is 0.818. The number of hydrogen-bond donors (Lipinski definition) is 0. The highest BCUT2D eigenvalue weighted by molar-refractivity contribution is 5.80. The van der Waals surface area contributed by atoms with Crippen LogP contribution in [-0.4, -0.2) is 73.3 Å². The molecule has 0 unspecified atom stereocenters. The van der Waals surface area contributed by atoms with Gasteiger partial charge in [0.25, 0.3) is 0 Å². The Hall–Kier alpha value is -1.88. The van der Waals surface area contributed by atoms with E-state index in [9.17, 15) is 9.59 Å². The molecule has 5 heteroatoms. The average Bonchev–Trinajstić information content (AvgIpc) is 2.54. The van der Waals surface area contributed by atoms with Gasteiger partial charge in [-0.15, -0.1) is 0 Å². The molecule has 1 heterocycles. The number of piperazine rings is 1. The summed E-state index contributed by atoms with van der Waals surface area (Å²) in [6.07, 6.45) is 0.991. The topological polar surface area (TPSA) is 43.9 Å². The van der Waals surface area contributed by atoms with Crippen molar-refractivity contribution in [2.45, 2.75) is 19.8 Å². The Kier molecular flexibility index (Phi) is 6.16. The molecule has 0 bridgehead atoms. The molecule has 0 radical (unpaired) electrons. The summed E-state index contributed by atoms with van der Waals surface area (Å²) in [5, 5.41) is 0. The summed E-state index contributed by atoms with van der Waals surface area (Å²) in [5.41, 5.74) is 2.24. The summed E-state index contributed by atoms with van der Waals surface area (Å²) in [4.78, 5) is 30.3. The largest absolute Gasteiger partial charge is 0.339 e. The number of benzene rings is 1. The second kappa shape index (κ2) is 8.11. The Morgan fingerprint density at radius 1 is 1.00 bits per heavy atom. The van der Waals surface area contributed by atoms with Crippen molar-refractivity contribution < 1.29 is 9.59 Å². The Labute approximate surface area is 138 Å². The van der Waals surface area contributed by atoms with Crippen LogP contribution in [0.1, 0.15) is 17.5 Å². The van der Waals surface area contributed by atoms with Gasteiger partial charge in [-0.3, -0.25) is 9.59 Å². The van der Waals surface area contributed by atoms with Crippen molar-refractivity contribution in [3.05, 3.63) is 35.4 Å². The van der Waals surface area contributed by atoms with Crippen molar-refractivity contribution in [1.29, 1.82) is 0 Å². The molecular formula is C18H27N3O2. The predicted octanol–water partition coefficient (Wildman–Crippen LogP) is 1.16. The van der Waals surface area contributed by atoms with Crippen LogP contribution in [0.15, 0.2) is 24.3 Å². The molecule has 1 aromatic carbocycles. The minimum Gasteiger partial charge on any atom is -0.339 e. The molecule has 1 saturated heterocycles. The predicted molar refractivity (Wildman–Crippen MR) is 91.2 cm³/mol. The maximum absolute atomic E-state index is 12.4. The number of carbonyl (C=O) groups excluding carboxylic acids is 2. The highest BCUT2D eigenvalue weighted by atomic mass is 16.2. The summed E-state index contributed by atoms with van der Waals surface area (Å²) in [6.45, 7) is 5.36. The molecule has 0 aliphatic carbocycles. The van der Waals surface area contributed by atoms with E-state index in [4.69, 9.17) is 0 Å². The maximum atomic E-state index is 12.4. The van der Waals surface area contributed by atoms with E-state index in [1.807, 2.05) is 60.0 Å². The monoisotopic (exact) mass is 317 g/mol. The Morgan fingerprint density at radius 3 is 2.13 bits per heavy atom. The zero-order chi connectivity index (χ0) is 16.8. The lowest BCUT2D eigenvalue weighted by Crippen LogP contribution is -2.51. The van der Waals surface area contributed by atoms with E-state index in [1.54, 1.807) is 0 Å². The van der Waals surface area contributed by atoms with E-state index in [1.165, 1.54) is 0 Å². The highest BCUT2D eigenvalue weighted by Crippen LogP contribution is 2.11. The van der Waals surface area contributed by atoms with E-state index in [0.717, 1.165) is 17.7 Å². The average molecular weight is 317 g/mol. The SMILES string of the molecule is Cc1ccccc1CC(=O)N1CCN(C(=O)CCN(C)C)CC1. The molecule has 1 fully saturated rings. The number of carbonyl (C=O) groups is 2. The third kappa shape index (κ3) is 5.06. The van der Waals surface area contributed by atoms with Gasteiger partial charge < -0.3 is 14.7 Å². The third-order valence-electron chi connectivity index (χ3n) is 4.36. The van der Waals surface area contributed by atoms with Gasteiger partial charge in [0.05, 0.1) is 6.42 Å². The van der Waals surface area contributed by atoms with Gasteiger partial charge >= 0.3 is 0 Å². The van der Waals surface area contributed by atoms with Crippen LogP contribution in [0.4, 0.5) is 0 Å². The van der Waals surface area contributed by atoms with Crippen LogP contribution < -0.4 is 0 Å². The van der Waals surface area contributed by atoms with E-state index in [2.05, 4.69) is 0 Å². The lowest BCUT2D eigenvalue weighted by molar-refractivity contribution is -0.139. The van der Waals surface area contributed by atoms with Gasteiger partial charge in [-0.05, 0) is 32.1 Å². The molecule has 1 aliphatic heterocycles. The van der Waals surface area contributed by atoms with Gasteiger partial charge in [0.1, 0.15) is 0 Å². The minimum absolute atomic E-state index is 0.152. The Bertz CT molecular complexity index is 549. The minimum atomic E-state index is 0.152. The molecule has 2 amide bonds. The van der Waals surface area contributed by atoms with Gasteiger partial charge in [0.2, 0.25) is 11.8 Å². The van der Waals surface area contributed by atoms with Crippen molar-refractivity contribution in [1.82, 2.24) is 14.7 Å². The van der Waals surface area contributed by atoms with Gasteiger partial charge in [-0.25, -0.2) is 0 Å². The smallest absolute Gasteiger partial charge is 0.227 e. The normalized spacial score (nSPS) is 15.1. The lowest BCUT2D eigenvalue weighted by Gasteiger charge is -2.35. The van der Waals surface area contributed by atoms with Crippen molar-refractivity contribution in [3.63, 3.8) is 0 Å². The summed E-state index contributed by atoms with van der Waals surface area (Å²) in [5.74, 6) is 0.337. The van der Waals surface area contributed by atoms with Crippen LogP contribution in [0.3, 0.4) is 0 Å². The first-order chi connectivity index (χ1) is 11.0. The maximum Gasteiger partial charge on any atom is 0.227 e. The third-order valence-corrected chi connectivity index (χ3v) is 4.36. The number of amides is 2. The van der Waals surface area contributed by atoms with Crippen molar-refractivity contribution in [2.24, 2.45) is 0 Å². The fraction of sp³-hybridized carbons (Fsp3) is 0.556. The number of aryl methyl sites for hydroxylation is 1. The van der Waals surface area contributed by atoms with Crippen LogP contribution >= 0.6 is 0 Å². The zero-order valence-electron chi connectivity index (χ0n) is 14.4. The molecule has 126 valence electrons.